The lowest BCUT2D eigenvalue weighted by molar-refractivity contribution is -0.123. The quantitative estimate of drug-likeness (QED) is 0.903. The standard InChI is InChI=1S/C17H23FN2O/c1-20-12-2-3-15(20)8-11-19-16(21)17(9-10-17)13-4-6-14(18)7-5-13/h4-7,15H,2-3,8-12H2,1H3,(H,19,21)/t15-/m1/s1. The van der Waals surface area contributed by atoms with Crippen LogP contribution in [0.1, 0.15) is 37.7 Å². The van der Waals surface area contributed by atoms with E-state index < -0.39 is 5.41 Å². The van der Waals surface area contributed by atoms with Crippen molar-refractivity contribution in [3.05, 3.63) is 35.6 Å². The molecule has 1 atom stereocenters. The van der Waals surface area contributed by atoms with E-state index in [1.165, 1.54) is 25.0 Å². The smallest absolute Gasteiger partial charge is 0.230 e. The van der Waals surface area contributed by atoms with E-state index in [2.05, 4.69) is 17.3 Å². The zero-order chi connectivity index (χ0) is 14.9. The highest BCUT2D eigenvalue weighted by Gasteiger charge is 2.51. The lowest BCUT2D eigenvalue weighted by Gasteiger charge is -2.21. The Morgan fingerprint density at radius 2 is 2.10 bits per heavy atom. The summed E-state index contributed by atoms with van der Waals surface area (Å²) in [4.78, 5) is 14.8. The first-order valence-corrected chi connectivity index (χ1v) is 7.86. The third-order valence-corrected chi connectivity index (χ3v) is 5.02. The van der Waals surface area contributed by atoms with Gasteiger partial charge in [-0.25, -0.2) is 4.39 Å². The number of halogens is 1. The van der Waals surface area contributed by atoms with Gasteiger partial charge in [-0.15, -0.1) is 0 Å². The minimum atomic E-state index is -0.394. The van der Waals surface area contributed by atoms with Crippen LogP contribution in [0.5, 0.6) is 0 Å². The van der Waals surface area contributed by atoms with Crippen molar-refractivity contribution in [1.29, 1.82) is 0 Å². The predicted molar refractivity (Wildman–Crippen MR) is 80.6 cm³/mol. The molecule has 0 spiro atoms. The lowest BCUT2D eigenvalue weighted by atomic mass is 9.95. The summed E-state index contributed by atoms with van der Waals surface area (Å²) >= 11 is 0. The van der Waals surface area contributed by atoms with Gasteiger partial charge in [0.2, 0.25) is 5.91 Å². The highest BCUT2D eigenvalue weighted by molar-refractivity contribution is 5.91. The molecular weight excluding hydrogens is 267 g/mol. The average Bonchev–Trinajstić information content (AvgIpc) is 3.19. The normalized spacial score (nSPS) is 24.0. The van der Waals surface area contributed by atoms with Crippen LogP contribution in [-0.4, -0.2) is 37.0 Å². The number of rotatable bonds is 5. The zero-order valence-electron chi connectivity index (χ0n) is 12.6. The zero-order valence-corrected chi connectivity index (χ0v) is 12.6. The number of hydrogen-bond donors (Lipinski definition) is 1. The van der Waals surface area contributed by atoms with E-state index in [0.29, 0.717) is 6.04 Å². The highest BCUT2D eigenvalue weighted by atomic mass is 19.1. The maximum absolute atomic E-state index is 13.0. The molecule has 1 N–H and O–H groups in total. The molecule has 114 valence electrons. The molecule has 1 aromatic carbocycles. The van der Waals surface area contributed by atoms with Crippen LogP contribution in [0, 0.1) is 5.82 Å². The van der Waals surface area contributed by atoms with E-state index in [-0.39, 0.29) is 11.7 Å². The molecule has 0 unspecified atom stereocenters. The van der Waals surface area contributed by atoms with Crippen molar-refractivity contribution in [3.8, 4) is 0 Å². The Balaban J connectivity index is 1.54. The molecule has 1 aliphatic heterocycles. The molecule has 2 aliphatic rings. The Labute approximate surface area is 125 Å². The van der Waals surface area contributed by atoms with E-state index in [9.17, 15) is 9.18 Å². The van der Waals surface area contributed by atoms with Gasteiger partial charge in [-0.2, -0.15) is 0 Å². The van der Waals surface area contributed by atoms with Crippen LogP contribution >= 0.6 is 0 Å². The fourth-order valence-corrected chi connectivity index (χ4v) is 3.41. The van der Waals surface area contributed by atoms with Crippen molar-refractivity contribution in [2.45, 2.75) is 43.6 Å². The number of hydrogen-bond acceptors (Lipinski definition) is 2. The monoisotopic (exact) mass is 290 g/mol. The molecule has 1 saturated carbocycles. The molecule has 21 heavy (non-hydrogen) atoms. The molecule has 0 aromatic heterocycles. The topological polar surface area (TPSA) is 32.3 Å². The molecule has 1 aliphatic carbocycles. The number of carbonyl (C=O) groups is 1. The van der Waals surface area contributed by atoms with Gasteiger partial charge in [0.1, 0.15) is 5.82 Å². The van der Waals surface area contributed by atoms with E-state index in [1.54, 1.807) is 12.1 Å². The van der Waals surface area contributed by atoms with Crippen LogP contribution in [-0.2, 0) is 10.2 Å². The first kappa shape index (κ1) is 14.5. The van der Waals surface area contributed by atoms with Gasteiger partial charge in [0, 0.05) is 12.6 Å². The average molecular weight is 290 g/mol. The van der Waals surface area contributed by atoms with Gasteiger partial charge in [-0.1, -0.05) is 12.1 Å². The van der Waals surface area contributed by atoms with Crippen molar-refractivity contribution in [2.24, 2.45) is 0 Å². The third kappa shape index (κ3) is 2.95. The Morgan fingerprint density at radius 1 is 1.38 bits per heavy atom. The van der Waals surface area contributed by atoms with Crippen molar-refractivity contribution in [2.75, 3.05) is 20.1 Å². The first-order chi connectivity index (χ1) is 10.1. The Bertz CT molecular complexity index is 510. The number of amides is 1. The second-order valence-corrected chi connectivity index (χ2v) is 6.41. The van der Waals surface area contributed by atoms with Gasteiger partial charge in [0.25, 0.3) is 0 Å². The summed E-state index contributed by atoms with van der Waals surface area (Å²) in [6, 6.07) is 6.97. The SMILES string of the molecule is CN1CCC[C@@H]1CCNC(=O)C1(c2ccc(F)cc2)CC1. The number of nitrogens with one attached hydrogen (secondary N) is 1. The van der Waals surface area contributed by atoms with E-state index in [4.69, 9.17) is 0 Å². The summed E-state index contributed by atoms with van der Waals surface area (Å²) in [5.74, 6) is -0.144. The van der Waals surface area contributed by atoms with Gasteiger partial charge >= 0.3 is 0 Å². The summed E-state index contributed by atoms with van der Waals surface area (Å²) in [6.45, 7) is 1.90. The van der Waals surface area contributed by atoms with Crippen LogP contribution in [0.2, 0.25) is 0 Å². The van der Waals surface area contributed by atoms with Crippen molar-refractivity contribution in [1.82, 2.24) is 10.2 Å². The van der Waals surface area contributed by atoms with Crippen LogP contribution in [0.4, 0.5) is 4.39 Å². The maximum Gasteiger partial charge on any atom is 0.230 e. The summed E-state index contributed by atoms with van der Waals surface area (Å²) in [6.07, 6.45) is 5.24. The van der Waals surface area contributed by atoms with E-state index in [1.807, 2.05) is 0 Å². The molecule has 0 bridgehead atoms. The van der Waals surface area contributed by atoms with Crippen LogP contribution in [0.3, 0.4) is 0 Å². The number of benzene rings is 1. The van der Waals surface area contributed by atoms with Crippen LogP contribution < -0.4 is 5.32 Å². The van der Waals surface area contributed by atoms with Crippen molar-refractivity contribution >= 4 is 5.91 Å². The number of nitrogens with zero attached hydrogens (tertiary/aromatic N) is 1. The molecule has 1 amide bonds. The summed E-state index contributed by atoms with van der Waals surface area (Å²) in [5.41, 5.74) is 0.550. The Kier molecular flexibility index (Phi) is 3.98. The minimum absolute atomic E-state index is 0.106. The lowest BCUT2D eigenvalue weighted by Crippen LogP contribution is -2.37. The Morgan fingerprint density at radius 3 is 2.67 bits per heavy atom. The molecule has 3 nitrogen and oxygen atoms in total. The fourth-order valence-electron chi connectivity index (χ4n) is 3.41. The number of likely N-dealkylation sites (tertiary alicyclic amines) is 1. The minimum Gasteiger partial charge on any atom is -0.355 e. The van der Waals surface area contributed by atoms with Gasteiger partial charge < -0.3 is 10.2 Å². The second-order valence-electron chi connectivity index (χ2n) is 6.41. The fraction of sp³-hybridized carbons (Fsp3) is 0.588. The second kappa shape index (κ2) is 5.76. The van der Waals surface area contributed by atoms with Crippen LogP contribution in [0.15, 0.2) is 24.3 Å². The summed E-state index contributed by atoms with van der Waals surface area (Å²) in [5, 5.41) is 3.09. The Hall–Kier alpha value is -1.42. The molecule has 4 heteroatoms. The summed E-state index contributed by atoms with van der Waals surface area (Å²) in [7, 11) is 2.15. The van der Waals surface area contributed by atoms with Gasteiger partial charge in [-0.05, 0) is 63.4 Å². The van der Waals surface area contributed by atoms with Gasteiger partial charge in [0.15, 0.2) is 0 Å². The van der Waals surface area contributed by atoms with E-state index in [0.717, 1.165) is 37.9 Å². The van der Waals surface area contributed by atoms with Crippen LogP contribution in [0.25, 0.3) is 0 Å². The first-order valence-electron chi connectivity index (χ1n) is 7.86. The predicted octanol–water partition coefficient (Wildman–Crippen LogP) is 2.46. The number of carbonyl (C=O) groups excluding carboxylic acids is 1. The molecule has 1 saturated heterocycles. The summed E-state index contributed by atoms with van der Waals surface area (Å²) < 4.78 is 13.0. The maximum atomic E-state index is 13.0. The molecule has 2 fully saturated rings. The van der Waals surface area contributed by atoms with Gasteiger partial charge in [-0.3, -0.25) is 4.79 Å². The van der Waals surface area contributed by atoms with Gasteiger partial charge in [0.05, 0.1) is 5.41 Å². The van der Waals surface area contributed by atoms with Crippen molar-refractivity contribution < 1.29 is 9.18 Å². The molecule has 3 rings (SSSR count). The molecule has 1 aromatic rings. The van der Waals surface area contributed by atoms with Crippen molar-refractivity contribution in [3.63, 3.8) is 0 Å². The largest absolute Gasteiger partial charge is 0.355 e. The van der Waals surface area contributed by atoms with E-state index >= 15 is 0 Å². The highest BCUT2D eigenvalue weighted by Crippen LogP contribution is 2.48. The molecular formula is C17H23FN2O. The molecule has 1 heterocycles. The third-order valence-electron chi connectivity index (χ3n) is 5.02. The molecule has 0 radical (unpaired) electrons.